The minimum atomic E-state index is -3.59. The normalized spacial score (nSPS) is 19.8. The lowest BCUT2D eigenvalue weighted by molar-refractivity contribution is -0.117. The molecule has 1 unspecified atom stereocenters. The van der Waals surface area contributed by atoms with Crippen LogP contribution in [0.2, 0.25) is 0 Å². The van der Waals surface area contributed by atoms with Crippen molar-refractivity contribution >= 4 is 53.9 Å². The van der Waals surface area contributed by atoms with Gasteiger partial charge in [0, 0.05) is 35.3 Å². The largest absolute Gasteiger partial charge is 0.286 e. The van der Waals surface area contributed by atoms with Gasteiger partial charge in [0.2, 0.25) is 20.1 Å². The maximum Gasteiger partial charge on any atom is 0.232 e. The van der Waals surface area contributed by atoms with Gasteiger partial charge in [-0.1, -0.05) is 30.0 Å². The van der Waals surface area contributed by atoms with Crippen molar-refractivity contribution in [3.63, 3.8) is 0 Å². The maximum atomic E-state index is 11.9. The van der Waals surface area contributed by atoms with Crippen molar-refractivity contribution in [2.45, 2.75) is 24.1 Å². The van der Waals surface area contributed by atoms with Crippen molar-refractivity contribution in [2.75, 3.05) is 23.0 Å². The zero-order chi connectivity index (χ0) is 14.8. The summed E-state index contributed by atoms with van der Waals surface area (Å²) in [6, 6.07) is 0. The van der Waals surface area contributed by atoms with E-state index in [1.165, 1.54) is 16.2 Å². The van der Waals surface area contributed by atoms with E-state index < -0.39 is 9.05 Å². The molecule has 1 aliphatic rings. The van der Waals surface area contributed by atoms with Crippen molar-refractivity contribution in [1.29, 1.82) is 0 Å². The summed E-state index contributed by atoms with van der Waals surface area (Å²) >= 11 is 2.96. The van der Waals surface area contributed by atoms with E-state index >= 15 is 0 Å². The van der Waals surface area contributed by atoms with Crippen molar-refractivity contribution in [1.82, 2.24) is 10.2 Å². The maximum absolute atomic E-state index is 11.9. The second-order valence-corrected chi connectivity index (χ2v) is 9.60. The fourth-order valence-corrected chi connectivity index (χ4v) is 5.03. The van der Waals surface area contributed by atoms with Crippen LogP contribution in [0.4, 0.5) is 5.13 Å². The summed E-state index contributed by atoms with van der Waals surface area (Å²) in [4.78, 5) is 13.4. The molecule has 0 N–H and O–H groups in total. The molecule has 1 aliphatic heterocycles. The molecule has 0 radical (unpaired) electrons. The molecule has 112 valence electrons. The van der Waals surface area contributed by atoms with Crippen LogP contribution in [0.3, 0.4) is 0 Å². The molecule has 1 amide bonds. The van der Waals surface area contributed by atoms with Crippen LogP contribution in [0.25, 0.3) is 0 Å². The van der Waals surface area contributed by atoms with Crippen molar-refractivity contribution in [2.24, 2.45) is 5.92 Å². The number of halogens is 1. The molecule has 1 atom stereocenters. The number of hydrogen-bond donors (Lipinski definition) is 0. The van der Waals surface area contributed by atoms with Gasteiger partial charge in [0.05, 0.1) is 5.75 Å². The summed E-state index contributed by atoms with van der Waals surface area (Å²) in [5.74, 6) is 0.363. The standard InChI is InChI=1S/C10H14ClN3O3S3/c1-2-3-18-10-13-12-9(19-10)14-5-7(4-8(14)15)6-20(11,16)17/h7H,2-6H2,1H3. The number of rotatable bonds is 6. The number of nitrogens with zero attached hydrogens (tertiary/aromatic N) is 3. The highest BCUT2D eigenvalue weighted by Crippen LogP contribution is 2.32. The number of anilines is 1. The molecular weight excluding hydrogens is 342 g/mol. The van der Waals surface area contributed by atoms with E-state index in [-0.39, 0.29) is 24.0 Å². The third kappa shape index (κ3) is 4.31. The third-order valence-corrected chi connectivity index (χ3v) is 6.23. The van der Waals surface area contributed by atoms with Gasteiger partial charge < -0.3 is 0 Å². The fraction of sp³-hybridized carbons (Fsp3) is 0.700. The van der Waals surface area contributed by atoms with E-state index in [0.717, 1.165) is 16.5 Å². The van der Waals surface area contributed by atoms with E-state index in [0.29, 0.717) is 11.7 Å². The molecule has 2 rings (SSSR count). The SMILES string of the molecule is CCCSc1nnc(N2CC(CS(=O)(=O)Cl)CC2=O)s1. The molecule has 0 saturated carbocycles. The number of carbonyl (C=O) groups excluding carboxylic acids is 1. The first-order valence-electron chi connectivity index (χ1n) is 6.08. The first kappa shape index (κ1) is 16.0. The number of thioether (sulfide) groups is 1. The van der Waals surface area contributed by atoms with Gasteiger partial charge in [0.15, 0.2) is 4.34 Å². The van der Waals surface area contributed by atoms with Gasteiger partial charge in [0.25, 0.3) is 0 Å². The molecule has 0 aliphatic carbocycles. The molecule has 1 aromatic heterocycles. The third-order valence-electron chi connectivity index (χ3n) is 2.70. The predicted molar refractivity (Wildman–Crippen MR) is 81.0 cm³/mol. The molecule has 20 heavy (non-hydrogen) atoms. The monoisotopic (exact) mass is 355 g/mol. The first-order chi connectivity index (χ1) is 9.39. The number of aromatic nitrogens is 2. The second kappa shape index (κ2) is 6.59. The van der Waals surface area contributed by atoms with Crippen molar-refractivity contribution < 1.29 is 13.2 Å². The molecule has 0 spiro atoms. The lowest BCUT2D eigenvalue weighted by Crippen LogP contribution is -2.25. The van der Waals surface area contributed by atoms with Gasteiger partial charge >= 0.3 is 0 Å². The van der Waals surface area contributed by atoms with Gasteiger partial charge in [-0.15, -0.1) is 10.2 Å². The zero-order valence-electron chi connectivity index (χ0n) is 10.8. The molecule has 0 bridgehead atoms. The molecule has 6 nitrogen and oxygen atoms in total. The van der Waals surface area contributed by atoms with Gasteiger partial charge in [-0.25, -0.2) is 8.42 Å². The summed E-state index contributed by atoms with van der Waals surface area (Å²) in [7, 11) is 1.64. The Morgan fingerprint density at radius 3 is 2.90 bits per heavy atom. The quantitative estimate of drug-likeness (QED) is 0.441. The predicted octanol–water partition coefficient (Wildman–Crippen LogP) is 1.96. The summed E-state index contributed by atoms with van der Waals surface area (Å²) in [5.41, 5.74) is 0. The summed E-state index contributed by atoms with van der Waals surface area (Å²) < 4.78 is 23.0. The smallest absolute Gasteiger partial charge is 0.232 e. The Hall–Kier alpha value is -0.380. The van der Waals surface area contributed by atoms with Crippen LogP contribution >= 0.6 is 33.8 Å². The molecule has 2 heterocycles. The van der Waals surface area contributed by atoms with Crippen LogP contribution in [-0.4, -0.2) is 42.6 Å². The van der Waals surface area contributed by atoms with Crippen LogP contribution in [0, 0.1) is 5.92 Å². The summed E-state index contributed by atoms with van der Waals surface area (Å²) in [6.45, 7) is 2.41. The van der Waals surface area contributed by atoms with E-state index in [4.69, 9.17) is 10.7 Å². The van der Waals surface area contributed by atoms with Crippen LogP contribution in [-0.2, 0) is 13.8 Å². The van der Waals surface area contributed by atoms with Crippen molar-refractivity contribution in [3.8, 4) is 0 Å². The van der Waals surface area contributed by atoms with Crippen LogP contribution in [0.1, 0.15) is 19.8 Å². The fourth-order valence-electron chi connectivity index (χ4n) is 1.92. The zero-order valence-corrected chi connectivity index (χ0v) is 14.0. The minimum Gasteiger partial charge on any atom is -0.286 e. The van der Waals surface area contributed by atoms with Crippen LogP contribution in [0.5, 0.6) is 0 Å². The minimum absolute atomic E-state index is 0.126. The number of hydrogen-bond acceptors (Lipinski definition) is 7. The lowest BCUT2D eigenvalue weighted by atomic mass is 10.1. The first-order valence-corrected chi connectivity index (χ1v) is 10.4. The highest BCUT2D eigenvalue weighted by molar-refractivity contribution is 8.13. The second-order valence-electron chi connectivity index (χ2n) is 4.48. The van der Waals surface area contributed by atoms with Gasteiger partial charge in [-0.05, 0) is 6.42 Å². The Labute approximate surface area is 130 Å². The Bertz CT molecular complexity index is 590. The Morgan fingerprint density at radius 1 is 1.50 bits per heavy atom. The van der Waals surface area contributed by atoms with E-state index in [9.17, 15) is 13.2 Å². The van der Waals surface area contributed by atoms with Gasteiger partial charge in [-0.3, -0.25) is 9.69 Å². The number of amides is 1. The van der Waals surface area contributed by atoms with Crippen LogP contribution in [0.15, 0.2) is 4.34 Å². The summed E-state index contributed by atoms with van der Waals surface area (Å²) in [5, 5.41) is 8.56. The summed E-state index contributed by atoms with van der Waals surface area (Å²) in [6.07, 6.45) is 1.22. The van der Waals surface area contributed by atoms with E-state index in [1.807, 2.05) is 0 Å². The average Bonchev–Trinajstić information content (AvgIpc) is 2.91. The topological polar surface area (TPSA) is 80.2 Å². The Morgan fingerprint density at radius 2 is 2.25 bits per heavy atom. The highest BCUT2D eigenvalue weighted by Gasteiger charge is 2.34. The molecule has 1 saturated heterocycles. The van der Waals surface area contributed by atoms with Gasteiger partial charge in [0.1, 0.15) is 0 Å². The van der Waals surface area contributed by atoms with E-state index in [2.05, 4.69) is 17.1 Å². The van der Waals surface area contributed by atoms with E-state index in [1.54, 1.807) is 11.8 Å². The lowest BCUT2D eigenvalue weighted by Gasteiger charge is -2.11. The highest BCUT2D eigenvalue weighted by atomic mass is 35.7. The molecular formula is C10H14ClN3O3S3. The average molecular weight is 356 g/mol. The molecule has 1 fully saturated rings. The van der Waals surface area contributed by atoms with Gasteiger partial charge in [-0.2, -0.15) is 0 Å². The molecule has 10 heteroatoms. The van der Waals surface area contributed by atoms with Crippen LogP contribution < -0.4 is 4.90 Å². The Kier molecular flexibility index (Phi) is 5.27. The molecule has 1 aromatic rings. The van der Waals surface area contributed by atoms with Crippen molar-refractivity contribution in [3.05, 3.63) is 0 Å². The number of carbonyl (C=O) groups is 1. The molecule has 0 aromatic carbocycles. The Balaban J connectivity index is 2.02.